The summed E-state index contributed by atoms with van der Waals surface area (Å²) in [6, 6.07) is 29.4. The van der Waals surface area contributed by atoms with E-state index in [0.29, 0.717) is 18.1 Å². The van der Waals surface area contributed by atoms with Gasteiger partial charge in [0, 0.05) is 18.3 Å². The molecular formula is C29H29N3O2. The van der Waals surface area contributed by atoms with Gasteiger partial charge < -0.3 is 15.4 Å². The minimum atomic E-state index is -0.325. The van der Waals surface area contributed by atoms with Crippen LogP contribution in [0, 0.1) is 0 Å². The van der Waals surface area contributed by atoms with E-state index in [4.69, 9.17) is 4.74 Å². The van der Waals surface area contributed by atoms with Gasteiger partial charge >= 0.3 is 6.03 Å². The highest BCUT2D eigenvalue weighted by Gasteiger charge is 2.20. The lowest BCUT2D eigenvalue weighted by Gasteiger charge is -2.22. The number of urea groups is 1. The number of para-hydroxylation sites is 1. The van der Waals surface area contributed by atoms with Crippen molar-refractivity contribution in [2.45, 2.75) is 32.7 Å². The molecule has 0 aliphatic heterocycles. The SMILES string of the molecule is CC(C)(C)c1ccccc1Oc1ncccc1NC(=O)NCc1ccc(-c2ccccc2)cc1. The molecule has 2 amide bonds. The van der Waals surface area contributed by atoms with Crippen LogP contribution >= 0.6 is 0 Å². The molecule has 0 bridgehead atoms. The summed E-state index contributed by atoms with van der Waals surface area (Å²) in [7, 11) is 0. The van der Waals surface area contributed by atoms with Gasteiger partial charge in [0.1, 0.15) is 11.4 Å². The van der Waals surface area contributed by atoms with Crippen molar-refractivity contribution < 1.29 is 9.53 Å². The second-order valence-corrected chi connectivity index (χ2v) is 9.07. The first-order chi connectivity index (χ1) is 16.4. The van der Waals surface area contributed by atoms with Crippen LogP contribution in [-0.4, -0.2) is 11.0 Å². The number of carbonyl (C=O) groups is 1. The third-order valence-corrected chi connectivity index (χ3v) is 5.44. The van der Waals surface area contributed by atoms with Crippen LogP contribution in [0.25, 0.3) is 11.1 Å². The molecule has 5 heteroatoms. The summed E-state index contributed by atoms with van der Waals surface area (Å²) in [5, 5.41) is 5.76. The summed E-state index contributed by atoms with van der Waals surface area (Å²) in [6.07, 6.45) is 1.65. The van der Waals surface area contributed by atoms with Crippen LogP contribution < -0.4 is 15.4 Å². The molecule has 1 heterocycles. The summed E-state index contributed by atoms with van der Waals surface area (Å²) in [4.78, 5) is 16.9. The molecule has 4 aromatic rings. The van der Waals surface area contributed by atoms with E-state index in [1.165, 1.54) is 0 Å². The Kier molecular flexibility index (Phi) is 6.93. The standard InChI is InChI=1S/C29H29N3O2/c1-29(2,3)24-12-7-8-14-26(24)34-27-25(13-9-19-30-27)32-28(33)31-20-21-15-17-23(18-16-21)22-10-5-4-6-11-22/h4-19H,20H2,1-3H3,(H2,31,32,33). The number of rotatable bonds is 6. The lowest BCUT2D eigenvalue weighted by atomic mass is 9.86. The average Bonchev–Trinajstić information content (AvgIpc) is 2.84. The number of benzene rings is 3. The van der Waals surface area contributed by atoms with Gasteiger partial charge in [0.2, 0.25) is 5.88 Å². The maximum atomic E-state index is 12.6. The number of pyridine rings is 1. The molecule has 0 radical (unpaired) electrons. The number of nitrogens with zero attached hydrogens (tertiary/aromatic N) is 1. The number of carbonyl (C=O) groups excluding carboxylic acids is 1. The largest absolute Gasteiger partial charge is 0.437 e. The lowest BCUT2D eigenvalue weighted by molar-refractivity contribution is 0.251. The van der Waals surface area contributed by atoms with Crippen LogP contribution in [0.15, 0.2) is 97.2 Å². The molecule has 0 saturated heterocycles. The number of hydrogen-bond donors (Lipinski definition) is 2. The number of anilines is 1. The van der Waals surface area contributed by atoms with Crippen LogP contribution in [-0.2, 0) is 12.0 Å². The second-order valence-electron chi connectivity index (χ2n) is 9.07. The smallest absolute Gasteiger partial charge is 0.319 e. The third kappa shape index (κ3) is 5.81. The van der Waals surface area contributed by atoms with E-state index in [0.717, 1.165) is 28.0 Å². The van der Waals surface area contributed by atoms with Crippen molar-refractivity contribution in [1.82, 2.24) is 10.3 Å². The number of ether oxygens (including phenoxy) is 1. The molecule has 4 rings (SSSR count). The van der Waals surface area contributed by atoms with E-state index >= 15 is 0 Å². The highest BCUT2D eigenvalue weighted by Crippen LogP contribution is 2.35. The zero-order chi connectivity index (χ0) is 24.0. The molecule has 0 fully saturated rings. The molecule has 0 saturated carbocycles. The van der Waals surface area contributed by atoms with Crippen LogP contribution in [0.3, 0.4) is 0 Å². The minimum absolute atomic E-state index is 0.0909. The van der Waals surface area contributed by atoms with Crippen molar-refractivity contribution >= 4 is 11.7 Å². The van der Waals surface area contributed by atoms with Gasteiger partial charge in [-0.2, -0.15) is 0 Å². The molecule has 0 unspecified atom stereocenters. The van der Waals surface area contributed by atoms with E-state index in [9.17, 15) is 4.79 Å². The Hall–Kier alpha value is -4.12. The van der Waals surface area contributed by atoms with Gasteiger partial charge in [0.15, 0.2) is 0 Å². The van der Waals surface area contributed by atoms with Crippen LogP contribution in [0.2, 0.25) is 0 Å². The maximum Gasteiger partial charge on any atom is 0.319 e. The lowest BCUT2D eigenvalue weighted by Crippen LogP contribution is -2.28. The zero-order valence-electron chi connectivity index (χ0n) is 19.7. The molecule has 5 nitrogen and oxygen atoms in total. The van der Waals surface area contributed by atoms with E-state index in [1.54, 1.807) is 18.3 Å². The number of hydrogen-bond acceptors (Lipinski definition) is 3. The highest BCUT2D eigenvalue weighted by molar-refractivity contribution is 5.90. The van der Waals surface area contributed by atoms with Gasteiger partial charge in [0.05, 0.1) is 0 Å². The van der Waals surface area contributed by atoms with Gasteiger partial charge in [-0.3, -0.25) is 0 Å². The average molecular weight is 452 g/mol. The topological polar surface area (TPSA) is 63.2 Å². The second kappa shape index (κ2) is 10.2. The fourth-order valence-electron chi connectivity index (χ4n) is 3.64. The Labute approximate surface area is 200 Å². The Bertz CT molecular complexity index is 1250. The van der Waals surface area contributed by atoms with Gasteiger partial charge in [-0.05, 0) is 40.3 Å². The molecule has 2 N–H and O–H groups in total. The fraction of sp³-hybridized carbons (Fsp3) is 0.172. The van der Waals surface area contributed by atoms with Crippen molar-refractivity contribution in [3.05, 3.63) is 108 Å². The maximum absolute atomic E-state index is 12.6. The quantitative estimate of drug-likeness (QED) is 0.327. The fourth-order valence-corrected chi connectivity index (χ4v) is 3.64. The van der Waals surface area contributed by atoms with Crippen LogP contribution in [0.5, 0.6) is 11.6 Å². The van der Waals surface area contributed by atoms with Gasteiger partial charge in [-0.15, -0.1) is 0 Å². The number of aromatic nitrogens is 1. The first-order valence-corrected chi connectivity index (χ1v) is 11.3. The first-order valence-electron chi connectivity index (χ1n) is 11.3. The van der Waals surface area contributed by atoms with Crippen LogP contribution in [0.4, 0.5) is 10.5 Å². The Balaban J connectivity index is 1.40. The summed E-state index contributed by atoms with van der Waals surface area (Å²) < 4.78 is 6.13. The summed E-state index contributed by atoms with van der Waals surface area (Å²) in [5.41, 5.74) is 4.79. The summed E-state index contributed by atoms with van der Waals surface area (Å²) in [5.74, 6) is 1.07. The molecule has 34 heavy (non-hydrogen) atoms. The molecule has 0 aliphatic rings. The van der Waals surface area contributed by atoms with E-state index < -0.39 is 0 Å². The normalized spacial score (nSPS) is 11.0. The van der Waals surface area contributed by atoms with E-state index in [-0.39, 0.29) is 11.4 Å². The van der Waals surface area contributed by atoms with Crippen molar-refractivity contribution in [2.24, 2.45) is 0 Å². The first kappa shape index (κ1) is 23.1. The number of nitrogens with one attached hydrogen (secondary N) is 2. The Morgan fingerprint density at radius 1 is 0.824 bits per heavy atom. The molecule has 172 valence electrons. The van der Waals surface area contributed by atoms with Gasteiger partial charge in [-0.1, -0.05) is 93.6 Å². The van der Waals surface area contributed by atoms with Crippen molar-refractivity contribution in [3.63, 3.8) is 0 Å². The highest BCUT2D eigenvalue weighted by atomic mass is 16.5. The number of amides is 2. The molecule has 0 aliphatic carbocycles. The molecule has 3 aromatic carbocycles. The zero-order valence-corrected chi connectivity index (χ0v) is 19.7. The molecule has 0 atom stereocenters. The molecule has 0 spiro atoms. The third-order valence-electron chi connectivity index (χ3n) is 5.44. The summed E-state index contributed by atoms with van der Waals surface area (Å²) >= 11 is 0. The van der Waals surface area contributed by atoms with E-state index in [2.05, 4.69) is 60.7 Å². The Morgan fingerprint density at radius 3 is 2.24 bits per heavy atom. The van der Waals surface area contributed by atoms with E-state index in [1.807, 2.05) is 54.6 Å². The predicted octanol–water partition coefficient (Wildman–Crippen LogP) is 7.16. The van der Waals surface area contributed by atoms with Crippen molar-refractivity contribution in [2.75, 3.05) is 5.32 Å². The van der Waals surface area contributed by atoms with Gasteiger partial charge in [-0.25, -0.2) is 9.78 Å². The molecule has 1 aromatic heterocycles. The molecular weight excluding hydrogens is 422 g/mol. The Morgan fingerprint density at radius 2 is 1.50 bits per heavy atom. The van der Waals surface area contributed by atoms with Gasteiger partial charge in [0.25, 0.3) is 0 Å². The van der Waals surface area contributed by atoms with Crippen molar-refractivity contribution in [3.8, 4) is 22.8 Å². The summed E-state index contributed by atoms with van der Waals surface area (Å²) in [6.45, 7) is 6.80. The predicted molar refractivity (Wildman–Crippen MR) is 137 cm³/mol. The monoisotopic (exact) mass is 451 g/mol. The minimum Gasteiger partial charge on any atom is -0.437 e. The van der Waals surface area contributed by atoms with Crippen molar-refractivity contribution in [1.29, 1.82) is 0 Å². The van der Waals surface area contributed by atoms with Crippen LogP contribution in [0.1, 0.15) is 31.9 Å².